The van der Waals surface area contributed by atoms with Gasteiger partial charge in [-0.15, -0.1) is 12.3 Å². The quantitative estimate of drug-likeness (QED) is 0.176. The Hall–Kier alpha value is -2.15. The summed E-state index contributed by atoms with van der Waals surface area (Å²) in [6, 6.07) is -0.524. The lowest BCUT2D eigenvalue weighted by atomic mass is 9.74. The van der Waals surface area contributed by atoms with Gasteiger partial charge < -0.3 is 20.4 Å². The van der Waals surface area contributed by atoms with Crippen LogP contribution in [0.5, 0.6) is 0 Å². The van der Waals surface area contributed by atoms with Crippen molar-refractivity contribution >= 4 is 17.7 Å². The first kappa shape index (κ1) is 35.0. The molecular weight excluding hydrogens is 520 g/mol. The summed E-state index contributed by atoms with van der Waals surface area (Å²) >= 11 is 0. The minimum atomic E-state index is -0.913. The van der Waals surface area contributed by atoms with Gasteiger partial charge in [-0.3, -0.25) is 19.8 Å². The van der Waals surface area contributed by atoms with E-state index in [4.69, 9.17) is 6.42 Å². The Morgan fingerprint density at radius 3 is 2.17 bits per heavy atom. The molecule has 0 aromatic heterocycles. The summed E-state index contributed by atoms with van der Waals surface area (Å²) in [5.41, 5.74) is 2.81. The van der Waals surface area contributed by atoms with Gasteiger partial charge in [-0.25, -0.2) is 5.01 Å². The van der Waals surface area contributed by atoms with Gasteiger partial charge in [0.25, 0.3) is 0 Å². The predicted octanol–water partition coefficient (Wildman–Crippen LogP) is 3.10. The lowest BCUT2D eigenvalue weighted by Gasteiger charge is -2.37. The van der Waals surface area contributed by atoms with Crippen LogP contribution in [-0.4, -0.2) is 82.8 Å². The van der Waals surface area contributed by atoms with E-state index in [1.165, 1.54) is 0 Å². The Labute approximate surface area is 248 Å². The zero-order valence-electron chi connectivity index (χ0n) is 26.1. The molecule has 3 amide bonds. The Kier molecular flexibility index (Phi) is 15.2. The summed E-state index contributed by atoms with van der Waals surface area (Å²) < 4.78 is 0. The molecule has 0 radical (unpaired) electrons. The normalized spacial score (nSPS) is 26.2. The van der Waals surface area contributed by atoms with Crippen molar-refractivity contribution in [2.24, 2.45) is 29.6 Å². The lowest BCUT2D eigenvalue weighted by Crippen LogP contribution is -2.53. The third kappa shape index (κ3) is 11.9. The number of carbonyl (C=O) groups excluding carboxylic acids is 3. The molecule has 2 saturated carbocycles. The summed E-state index contributed by atoms with van der Waals surface area (Å²) in [6.45, 7) is 9.62. The summed E-state index contributed by atoms with van der Waals surface area (Å²) in [5, 5.41) is 26.0. The van der Waals surface area contributed by atoms with E-state index in [1.807, 2.05) is 18.7 Å². The molecule has 4 N–H and O–H groups in total. The number of carbonyl (C=O) groups is 3. The molecule has 0 heterocycles. The summed E-state index contributed by atoms with van der Waals surface area (Å²) in [6.07, 6.45) is 12.0. The van der Waals surface area contributed by atoms with Crippen molar-refractivity contribution in [3.8, 4) is 12.3 Å². The maximum absolute atomic E-state index is 13.7. The third-order valence-electron chi connectivity index (χ3n) is 8.53. The first-order valence-electron chi connectivity index (χ1n) is 15.9. The molecule has 0 aromatic rings. The fourth-order valence-corrected chi connectivity index (χ4v) is 6.44. The van der Waals surface area contributed by atoms with Crippen LogP contribution in [0.2, 0.25) is 0 Å². The summed E-state index contributed by atoms with van der Waals surface area (Å²) in [7, 11) is 1.71. The molecule has 2 rings (SSSR count). The molecule has 234 valence electrons. The van der Waals surface area contributed by atoms with Crippen molar-refractivity contribution in [2.45, 2.75) is 117 Å². The standard InChI is InChI=1S/C32H56N4O5/c1-7-14-36(15-8-2)32(41)26-18-23(9-3)17-25(20-26)31(40)33-28(19-24-10-12-27(37)13-11-24)29(38)21-35(6)34-30(39)16-22(4)5/h3,22-29,37-38H,7-8,10-21H2,1-2,4-6H3,(H,33,40)(H,34,39). The number of likely N-dealkylation sites (N-methyl/N-ethyl adjacent to an activating group) is 1. The number of terminal acetylenes is 1. The Bertz CT molecular complexity index is 861. The fourth-order valence-electron chi connectivity index (χ4n) is 6.44. The molecule has 0 bridgehead atoms. The number of hydrazine groups is 1. The summed E-state index contributed by atoms with van der Waals surface area (Å²) in [4.78, 5) is 41.3. The average molecular weight is 577 g/mol. The zero-order chi connectivity index (χ0) is 30.5. The number of hydrogen-bond donors (Lipinski definition) is 4. The van der Waals surface area contributed by atoms with Gasteiger partial charge in [0.05, 0.1) is 18.2 Å². The zero-order valence-corrected chi connectivity index (χ0v) is 26.1. The molecule has 5 unspecified atom stereocenters. The lowest BCUT2D eigenvalue weighted by molar-refractivity contribution is -0.139. The topological polar surface area (TPSA) is 122 Å². The van der Waals surface area contributed by atoms with Gasteiger partial charge >= 0.3 is 0 Å². The highest BCUT2D eigenvalue weighted by molar-refractivity contribution is 5.83. The van der Waals surface area contributed by atoms with Gasteiger partial charge in [-0.1, -0.05) is 27.7 Å². The minimum absolute atomic E-state index is 0.0857. The largest absolute Gasteiger partial charge is 0.393 e. The van der Waals surface area contributed by atoms with Crippen molar-refractivity contribution in [3.63, 3.8) is 0 Å². The highest BCUT2D eigenvalue weighted by Crippen LogP contribution is 2.35. The van der Waals surface area contributed by atoms with E-state index in [1.54, 1.807) is 12.1 Å². The number of nitrogens with zero attached hydrogens (tertiary/aromatic N) is 2. The molecule has 2 fully saturated rings. The molecule has 0 saturated heterocycles. The van der Waals surface area contributed by atoms with E-state index in [2.05, 4.69) is 30.5 Å². The van der Waals surface area contributed by atoms with Crippen molar-refractivity contribution in [1.82, 2.24) is 20.7 Å². The van der Waals surface area contributed by atoms with Gasteiger partial charge in [0.15, 0.2) is 0 Å². The van der Waals surface area contributed by atoms with Gasteiger partial charge in [0.1, 0.15) is 0 Å². The van der Waals surface area contributed by atoms with E-state index in [9.17, 15) is 24.6 Å². The predicted molar refractivity (Wildman–Crippen MR) is 161 cm³/mol. The second kappa shape index (κ2) is 17.7. The first-order chi connectivity index (χ1) is 19.5. The Morgan fingerprint density at radius 1 is 1.00 bits per heavy atom. The first-order valence-corrected chi connectivity index (χ1v) is 15.9. The van der Waals surface area contributed by atoms with Crippen LogP contribution in [0.3, 0.4) is 0 Å². The van der Waals surface area contributed by atoms with Crippen molar-refractivity contribution in [2.75, 3.05) is 26.7 Å². The molecule has 2 aliphatic rings. The number of rotatable bonds is 15. The molecule has 5 atom stereocenters. The maximum atomic E-state index is 13.7. The number of aliphatic hydroxyl groups is 2. The average Bonchev–Trinajstić information content (AvgIpc) is 2.92. The molecule has 0 aromatic carbocycles. The third-order valence-corrected chi connectivity index (χ3v) is 8.53. The number of aliphatic hydroxyl groups excluding tert-OH is 2. The monoisotopic (exact) mass is 576 g/mol. The van der Waals surface area contributed by atoms with Crippen LogP contribution in [0.25, 0.3) is 0 Å². The SMILES string of the molecule is C#CC1CC(C(=O)NC(CC2CCC(O)CC2)C(O)CN(C)NC(=O)CC(C)C)CC(C(=O)N(CCC)CCC)C1. The van der Waals surface area contributed by atoms with E-state index < -0.39 is 18.1 Å². The highest BCUT2D eigenvalue weighted by atomic mass is 16.3. The van der Waals surface area contributed by atoms with Crippen LogP contribution < -0.4 is 10.7 Å². The van der Waals surface area contributed by atoms with Gasteiger partial charge in [0.2, 0.25) is 17.7 Å². The van der Waals surface area contributed by atoms with E-state index in [0.29, 0.717) is 45.2 Å². The van der Waals surface area contributed by atoms with Crippen LogP contribution in [0.4, 0.5) is 0 Å². The van der Waals surface area contributed by atoms with Crippen molar-refractivity contribution in [1.29, 1.82) is 0 Å². The molecule has 41 heavy (non-hydrogen) atoms. The summed E-state index contributed by atoms with van der Waals surface area (Å²) in [5.74, 6) is 2.25. The van der Waals surface area contributed by atoms with Gasteiger partial charge in [0, 0.05) is 50.9 Å². The van der Waals surface area contributed by atoms with E-state index >= 15 is 0 Å². The van der Waals surface area contributed by atoms with Gasteiger partial charge in [-0.05, 0) is 76.0 Å². The van der Waals surface area contributed by atoms with Crippen molar-refractivity contribution in [3.05, 3.63) is 0 Å². The molecule has 9 heteroatoms. The second-order valence-electron chi connectivity index (χ2n) is 12.9. The molecular formula is C32H56N4O5. The van der Waals surface area contributed by atoms with Crippen LogP contribution in [0, 0.1) is 41.9 Å². The van der Waals surface area contributed by atoms with E-state index in [-0.39, 0.29) is 54.0 Å². The number of hydrogen-bond acceptors (Lipinski definition) is 6. The van der Waals surface area contributed by atoms with E-state index in [0.717, 1.165) is 38.5 Å². The highest BCUT2D eigenvalue weighted by Gasteiger charge is 2.38. The molecule has 0 spiro atoms. The second-order valence-corrected chi connectivity index (χ2v) is 12.9. The van der Waals surface area contributed by atoms with Gasteiger partial charge in [-0.2, -0.15) is 0 Å². The van der Waals surface area contributed by atoms with Crippen LogP contribution >= 0.6 is 0 Å². The molecule has 0 aliphatic heterocycles. The smallest absolute Gasteiger partial charge is 0.234 e. The van der Waals surface area contributed by atoms with Crippen LogP contribution in [0.1, 0.15) is 98.3 Å². The molecule has 2 aliphatic carbocycles. The van der Waals surface area contributed by atoms with Crippen molar-refractivity contribution < 1.29 is 24.6 Å². The Morgan fingerprint density at radius 2 is 1.61 bits per heavy atom. The number of amides is 3. The fraction of sp³-hybridized carbons (Fsp3) is 0.844. The Balaban J connectivity index is 2.14. The molecule has 9 nitrogen and oxygen atoms in total. The minimum Gasteiger partial charge on any atom is -0.393 e. The maximum Gasteiger partial charge on any atom is 0.234 e. The van der Waals surface area contributed by atoms with Crippen LogP contribution in [-0.2, 0) is 14.4 Å². The van der Waals surface area contributed by atoms with Crippen LogP contribution in [0.15, 0.2) is 0 Å². The number of nitrogens with one attached hydrogen (secondary N) is 2.